The topological polar surface area (TPSA) is 9.23 Å². The SMILES string of the molecule is CCCCCCCCCc1ccccc1[O][Sn]([CH2]CCC)[CH2]CCC. The van der Waals surface area contributed by atoms with Crippen molar-refractivity contribution >= 4 is 20.2 Å². The van der Waals surface area contributed by atoms with E-state index in [1.54, 1.807) is 0 Å². The van der Waals surface area contributed by atoms with Crippen molar-refractivity contribution in [1.82, 2.24) is 0 Å². The van der Waals surface area contributed by atoms with Crippen molar-refractivity contribution in [2.75, 3.05) is 0 Å². The standard InChI is InChI=1S/C15H24O.2C4H9.Sn/c1-2-3-4-5-6-7-8-11-14-12-9-10-13-15(14)16;2*1-3-4-2;/h9-10,12-13,16H,2-8,11H2,1H3;2*1,3-4H2,2H3;/q;;;+1/p-1. The normalized spacial score (nSPS) is 11.2. The summed E-state index contributed by atoms with van der Waals surface area (Å²) in [4.78, 5) is 0. The van der Waals surface area contributed by atoms with Crippen LogP contribution in [0, 0.1) is 0 Å². The molecule has 0 aromatic heterocycles. The maximum atomic E-state index is 6.66. The summed E-state index contributed by atoms with van der Waals surface area (Å²) in [7, 11) is 0. The van der Waals surface area contributed by atoms with Crippen LogP contribution in [0.2, 0.25) is 8.87 Å². The minimum atomic E-state index is -1.70. The van der Waals surface area contributed by atoms with E-state index in [0.717, 1.165) is 0 Å². The number of benzene rings is 1. The van der Waals surface area contributed by atoms with Crippen LogP contribution in [0.4, 0.5) is 0 Å². The van der Waals surface area contributed by atoms with Gasteiger partial charge in [0.1, 0.15) is 0 Å². The first-order chi connectivity index (χ1) is 12.3. The summed E-state index contributed by atoms with van der Waals surface area (Å²) < 4.78 is 9.44. The zero-order valence-corrected chi connectivity index (χ0v) is 20.0. The Balaban J connectivity index is 2.44. The van der Waals surface area contributed by atoms with Crippen molar-refractivity contribution in [2.24, 2.45) is 0 Å². The molecule has 0 fully saturated rings. The average molecular weight is 452 g/mol. The summed E-state index contributed by atoms with van der Waals surface area (Å²) in [5.74, 6) is 1.23. The monoisotopic (exact) mass is 453 g/mol. The summed E-state index contributed by atoms with van der Waals surface area (Å²) in [6.45, 7) is 6.89. The minimum absolute atomic E-state index is 1.20. The van der Waals surface area contributed by atoms with Gasteiger partial charge in [0.05, 0.1) is 0 Å². The van der Waals surface area contributed by atoms with Crippen LogP contribution in [0.3, 0.4) is 0 Å². The molecule has 0 aliphatic carbocycles. The quantitative estimate of drug-likeness (QED) is 0.183. The zero-order chi connectivity index (χ0) is 18.2. The zero-order valence-electron chi connectivity index (χ0n) is 17.1. The third-order valence-electron chi connectivity index (χ3n) is 4.89. The fourth-order valence-electron chi connectivity index (χ4n) is 3.21. The Morgan fingerprint density at radius 1 is 0.680 bits per heavy atom. The van der Waals surface area contributed by atoms with E-state index in [2.05, 4.69) is 45.0 Å². The fraction of sp³-hybridized carbons (Fsp3) is 0.739. The molecule has 1 radical (unpaired) electrons. The van der Waals surface area contributed by atoms with E-state index < -0.39 is 20.2 Å². The number of aryl methyl sites for hydroxylation is 1. The van der Waals surface area contributed by atoms with E-state index >= 15 is 0 Å². The van der Waals surface area contributed by atoms with Gasteiger partial charge in [-0.25, -0.2) is 0 Å². The summed E-state index contributed by atoms with van der Waals surface area (Å²) in [5, 5.41) is 0. The Kier molecular flexibility index (Phi) is 14.7. The molecule has 0 aliphatic rings. The van der Waals surface area contributed by atoms with Gasteiger partial charge >= 0.3 is 166 Å². The first-order valence-electron chi connectivity index (χ1n) is 10.9. The van der Waals surface area contributed by atoms with Crippen molar-refractivity contribution in [1.29, 1.82) is 0 Å². The molecular formula is C23H41OSn. The Hall–Kier alpha value is -0.181. The third-order valence-corrected chi connectivity index (χ3v) is 11.5. The van der Waals surface area contributed by atoms with Crippen LogP contribution in [-0.4, -0.2) is 20.2 Å². The van der Waals surface area contributed by atoms with Crippen molar-refractivity contribution < 1.29 is 3.07 Å². The Labute approximate surface area is 165 Å². The van der Waals surface area contributed by atoms with Crippen LogP contribution in [-0.2, 0) is 6.42 Å². The van der Waals surface area contributed by atoms with Gasteiger partial charge in [0.2, 0.25) is 0 Å². The molecule has 1 aromatic carbocycles. The Morgan fingerprint density at radius 3 is 1.88 bits per heavy atom. The van der Waals surface area contributed by atoms with E-state index in [9.17, 15) is 0 Å². The van der Waals surface area contributed by atoms with Crippen LogP contribution < -0.4 is 3.07 Å². The molecule has 0 amide bonds. The van der Waals surface area contributed by atoms with Crippen molar-refractivity contribution in [2.45, 2.75) is 107 Å². The van der Waals surface area contributed by atoms with E-state index in [1.807, 2.05) is 0 Å². The Morgan fingerprint density at radius 2 is 1.24 bits per heavy atom. The van der Waals surface area contributed by atoms with Crippen molar-refractivity contribution in [3.05, 3.63) is 29.8 Å². The molecular weight excluding hydrogens is 411 g/mol. The molecule has 0 heterocycles. The first kappa shape index (κ1) is 22.9. The van der Waals surface area contributed by atoms with Crippen molar-refractivity contribution in [3.8, 4) is 5.75 Å². The Bertz CT molecular complexity index is 410. The van der Waals surface area contributed by atoms with Gasteiger partial charge in [-0.05, 0) is 0 Å². The van der Waals surface area contributed by atoms with Gasteiger partial charge in [0, 0.05) is 0 Å². The predicted octanol–water partition coefficient (Wildman–Crippen LogP) is 7.95. The molecule has 0 saturated heterocycles. The van der Waals surface area contributed by atoms with Crippen LogP contribution in [0.25, 0.3) is 0 Å². The van der Waals surface area contributed by atoms with Crippen LogP contribution >= 0.6 is 0 Å². The van der Waals surface area contributed by atoms with Gasteiger partial charge in [0.25, 0.3) is 0 Å². The predicted molar refractivity (Wildman–Crippen MR) is 114 cm³/mol. The summed E-state index contributed by atoms with van der Waals surface area (Å²) in [6, 6.07) is 8.87. The van der Waals surface area contributed by atoms with E-state index in [4.69, 9.17) is 3.07 Å². The van der Waals surface area contributed by atoms with Crippen molar-refractivity contribution in [3.63, 3.8) is 0 Å². The van der Waals surface area contributed by atoms with Crippen LogP contribution in [0.15, 0.2) is 24.3 Å². The molecule has 0 unspecified atom stereocenters. The van der Waals surface area contributed by atoms with Gasteiger partial charge in [-0.15, -0.1) is 0 Å². The summed E-state index contributed by atoms with van der Waals surface area (Å²) in [6.07, 6.45) is 16.2. The molecule has 0 saturated carbocycles. The fourth-order valence-corrected chi connectivity index (χ4v) is 10.2. The number of hydrogen-bond donors (Lipinski definition) is 0. The molecule has 1 aromatic rings. The van der Waals surface area contributed by atoms with Crippen LogP contribution in [0.5, 0.6) is 5.75 Å². The summed E-state index contributed by atoms with van der Waals surface area (Å²) >= 11 is -1.70. The van der Waals surface area contributed by atoms with Gasteiger partial charge in [-0.1, -0.05) is 0 Å². The molecule has 0 atom stereocenters. The molecule has 2 heteroatoms. The second-order valence-corrected chi connectivity index (χ2v) is 13.8. The molecule has 0 bridgehead atoms. The summed E-state index contributed by atoms with van der Waals surface area (Å²) in [5.41, 5.74) is 1.46. The van der Waals surface area contributed by atoms with Gasteiger partial charge < -0.3 is 0 Å². The molecule has 0 N–H and O–H groups in total. The second-order valence-electron chi connectivity index (χ2n) is 7.33. The first-order valence-corrected chi connectivity index (χ1v) is 16.1. The van der Waals surface area contributed by atoms with Gasteiger partial charge in [-0.3, -0.25) is 0 Å². The second kappa shape index (κ2) is 16.0. The molecule has 25 heavy (non-hydrogen) atoms. The molecule has 0 spiro atoms. The van der Waals surface area contributed by atoms with E-state index in [-0.39, 0.29) is 0 Å². The number of rotatable bonds is 16. The number of para-hydroxylation sites is 1. The van der Waals surface area contributed by atoms with Gasteiger partial charge in [0.15, 0.2) is 0 Å². The number of hydrogen-bond acceptors (Lipinski definition) is 1. The third kappa shape index (κ3) is 11.2. The van der Waals surface area contributed by atoms with E-state index in [1.165, 1.54) is 97.2 Å². The van der Waals surface area contributed by atoms with E-state index in [0.29, 0.717) is 0 Å². The van der Waals surface area contributed by atoms with Gasteiger partial charge in [-0.2, -0.15) is 0 Å². The molecule has 0 aliphatic heterocycles. The number of unbranched alkanes of at least 4 members (excludes halogenated alkanes) is 8. The molecule has 1 rings (SSSR count). The molecule has 1 nitrogen and oxygen atoms in total. The molecule has 143 valence electrons. The van der Waals surface area contributed by atoms with Crippen LogP contribution in [0.1, 0.15) is 97.0 Å². The average Bonchev–Trinajstić information content (AvgIpc) is 2.64. The maximum absolute atomic E-state index is 6.66.